The van der Waals surface area contributed by atoms with Gasteiger partial charge < -0.3 is 26.6 Å². The van der Waals surface area contributed by atoms with E-state index in [9.17, 15) is 19.5 Å². The third-order valence-corrected chi connectivity index (χ3v) is 6.58. The molecule has 10 nitrogen and oxygen atoms in total. The summed E-state index contributed by atoms with van der Waals surface area (Å²) in [5.41, 5.74) is 12.8. The molecule has 3 amide bonds. The lowest BCUT2D eigenvalue weighted by Gasteiger charge is -2.31. The number of amides is 3. The molecule has 0 bridgehead atoms. The van der Waals surface area contributed by atoms with Crippen molar-refractivity contribution in [3.63, 3.8) is 0 Å². The van der Waals surface area contributed by atoms with Gasteiger partial charge in [-0.2, -0.15) is 4.37 Å². The first-order valence-electron chi connectivity index (χ1n) is 11.6. The van der Waals surface area contributed by atoms with Crippen LogP contribution in [0.5, 0.6) is 11.5 Å². The fourth-order valence-corrected chi connectivity index (χ4v) is 4.43. The summed E-state index contributed by atoms with van der Waals surface area (Å²) in [6.07, 6.45) is 0.736. The third-order valence-electron chi connectivity index (χ3n) is 5.73. The van der Waals surface area contributed by atoms with Crippen LogP contribution in [0.25, 0.3) is 0 Å². The highest BCUT2D eigenvalue weighted by atomic mass is 32.1. The van der Waals surface area contributed by atoms with Crippen LogP contribution in [0.2, 0.25) is 0 Å². The number of hydrogen-bond acceptors (Lipinski definition) is 8. The van der Waals surface area contributed by atoms with Crippen molar-refractivity contribution in [1.82, 2.24) is 9.69 Å². The van der Waals surface area contributed by atoms with Crippen molar-refractivity contribution >= 4 is 40.6 Å². The zero-order chi connectivity index (χ0) is 27.3. The Balaban J connectivity index is 2.20. The number of primary amides is 1. The fourth-order valence-electron chi connectivity index (χ4n) is 3.69. The van der Waals surface area contributed by atoms with Crippen LogP contribution in [0.3, 0.4) is 0 Å². The van der Waals surface area contributed by atoms with Crippen LogP contribution in [0.15, 0.2) is 42.5 Å². The van der Waals surface area contributed by atoms with Crippen LogP contribution in [0.4, 0.5) is 11.4 Å². The first kappa shape index (κ1) is 27.5. The quantitative estimate of drug-likeness (QED) is 0.315. The summed E-state index contributed by atoms with van der Waals surface area (Å²) in [5, 5.41) is 13.1. The van der Waals surface area contributed by atoms with E-state index >= 15 is 0 Å². The van der Waals surface area contributed by atoms with E-state index in [2.05, 4.69) is 9.69 Å². The average molecular weight is 526 g/mol. The number of anilines is 2. The van der Waals surface area contributed by atoms with Gasteiger partial charge in [0.2, 0.25) is 5.91 Å². The van der Waals surface area contributed by atoms with Gasteiger partial charge in [-0.3, -0.25) is 19.3 Å². The van der Waals surface area contributed by atoms with E-state index < -0.39 is 23.8 Å². The summed E-state index contributed by atoms with van der Waals surface area (Å²) in [6.45, 7) is 6.38. The molecule has 2 aromatic carbocycles. The summed E-state index contributed by atoms with van der Waals surface area (Å²) in [4.78, 5) is 40.7. The van der Waals surface area contributed by atoms with Crippen molar-refractivity contribution < 1.29 is 24.2 Å². The van der Waals surface area contributed by atoms with E-state index in [0.717, 1.165) is 23.5 Å². The number of nitrogens with one attached hydrogen (secondary N) is 1. The molecule has 0 aliphatic rings. The highest BCUT2D eigenvalue weighted by Crippen LogP contribution is 2.36. The number of rotatable bonds is 10. The zero-order valence-corrected chi connectivity index (χ0v) is 22.0. The van der Waals surface area contributed by atoms with Gasteiger partial charge in [-0.1, -0.05) is 37.6 Å². The van der Waals surface area contributed by atoms with Crippen LogP contribution in [0.1, 0.15) is 57.6 Å². The second-order valence-electron chi connectivity index (χ2n) is 8.96. The Hall–Kier alpha value is -4.12. The van der Waals surface area contributed by atoms with Gasteiger partial charge in [0, 0.05) is 12.2 Å². The number of carbonyl (C=O) groups excluding carboxylic acids is 3. The summed E-state index contributed by atoms with van der Waals surface area (Å²) in [7, 11) is 1.39. The van der Waals surface area contributed by atoms with E-state index in [1.54, 1.807) is 18.2 Å². The molecule has 0 radical (unpaired) electrons. The average Bonchev–Trinajstić information content (AvgIpc) is 3.24. The van der Waals surface area contributed by atoms with E-state index in [1.165, 1.54) is 24.1 Å². The lowest BCUT2D eigenvalue weighted by atomic mass is 10.0. The number of aromatic nitrogens is 1. The van der Waals surface area contributed by atoms with Gasteiger partial charge in [-0.05, 0) is 60.6 Å². The van der Waals surface area contributed by atoms with Crippen LogP contribution in [-0.4, -0.2) is 40.9 Å². The third kappa shape index (κ3) is 6.18. The first-order chi connectivity index (χ1) is 17.5. The van der Waals surface area contributed by atoms with Crippen molar-refractivity contribution in [2.45, 2.75) is 33.2 Å². The Labute approximate surface area is 219 Å². The van der Waals surface area contributed by atoms with Crippen molar-refractivity contribution in [1.29, 1.82) is 0 Å². The van der Waals surface area contributed by atoms with Crippen LogP contribution in [0, 0.1) is 12.8 Å². The van der Waals surface area contributed by atoms with Crippen LogP contribution < -0.4 is 26.4 Å². The van der Waals surface area contributed by atoms with Gasteiger partial charge in [0.1, 0.15) is 10.9 Å². The van der Waals surface area contributed by atoms with E-state index in [0.29, 0.717) is 23.7 Å². The maximum absolute atomic E-state index is 14.0. The number of aryl methyl sites for hydroxylation is 1. The molecular weight excluding hydrogens is 494 g/mol. The number of benzene rings is 2. The summed E-state index contributed by atoms with van der Waals surface area (Å²) in [6, 6.07) is 10.3. The summed E-state index contributed by atoms with van der Waals surface area (Å²) >= 11 is 0.731. The van der Waals surface area contributed by atoms with Crippen molar-refractivity contribution in [3.05, 3.63) is 64.2 Å². The SMILES string of the molecule is COc1cc(C(C(=O)NCCC(C)C)N(C(=O)c2snc(C(N)=O)c2N)c2ccc(C)cc2)ccc1O. The largest absolute Gasteiger partial charge is 0.504 e. The second-order valence-corrected chi connectivity index (χ2v) is 9.73. The van der Waals surface area contributed by atoms with Crippen molar-refractivity contribution in [3.8, 4) is 11.5 Å². The molecule has 1 aromatic heterocycles. The molecule has 1 atom stereocenters. The number of nitrogens with zero attached hydrogens (tertiary/aromatic N) is 2. The zero-order valence-electron chi connectivity index (χ0n) is 21.1. The minimum absolute atomic E-state index is 0.0277. The predicted octanol–water partition coefficient (Wildman–Crippen LogP) is 3.40. The molecule has 0 aliphatic carbocycles. The second kappa shape index (κ2) is 11.7. The number of hydrogen-bond donors (Lipinski definition) is 4. The molecule has 37 heavy (non-hydrogen) atoms. The molecule has 3 aromatic rings. The molecule has 0 spiro atoms. The number of phenolic OH excluding ortho intramolecular Hbond substituents is 1. The molecule has 0 aliphatic heterocycles. The fraction of sp³-hybridized carbons (Fsp3) is 0.308. The molecule has 11 heteroatoms. The van der Waals surface area contributed by atoms with Gasteiger partial charge in [0.15, 0.2) is 17.2 Å². The molecular formula is C26H31N5O5S. The van der Waals surface area contributed by atoms with Gasteiger partial charge in [0.05, 0.1) is 12.8 Å². The van der Waals surface area contributed by atoms with Crippen molar-refractivity contribution in [2.75, 3.05) is 24.3 Å². The number of phenols is 1. The van der Waals surface area contributed by atoms with Crippen LogP contribution >= 0.6 is 11.5 Å². The summed E-state index contributed by atoms with van der Waals surface area (Å²) < 4.78 is 9.21. The Morgan fingerprint density at radius 2 is 1.84 bits per heavy atom. The highest BCUT2D eigenvalue weighted by Gasteiger charge is 2.36. The molecule has 0 saturated carbocycles. The number of nitrogen functional groups attached to an aromatic ring is 1. The smallest absolute Gasteiger partial charge is 0.273 e. The number of nitrogens with two attached hydrogens (primary N) is 2. The van der Waals surface area contributed by atoms with Gasteiger partial charge in [-0.25, -0.2) is 0 Å². The minimum Gasteiger partial charge on any atom is -0.504 e. The monoisotopic (exact) mass is 525 g/mol. The number of ether oxygens (including phenoxy) is 1. The predicted molar refractivity (Wildman–Crippen MR) is 143 cm³/mol. The molecule has 3 rings (SSSR count). The molecule has 6 N–H and O–H groups in total. The number of carbonyl (C=O) groups is 3. The highest BCUT2D eigenvalue weighted by molar-refractivity contribution is 7.09. The van der Waals surface area contributed by atoms with E-state index in [-0.39, 0.29) is 27.8 Å². The molecule has 0 fully saturated rings. The lowest BCUT2D eigenvalue weighted by molar-refractivity contribution is -0.122. The molecule has 196 valence electrons. The Kier molecular flexibility index (Phi) is 8.72. The normalized spacial score (nSPS) is 11.7. The van der Waals surface area contributed by atoms with E-state index in [4.69, 9.17) is 16.2 Å². The van der Waals surface area contributed by atoms with Crippen molar-refractivity contribution in [2.24, 2.45) is 11.7 Å². The Morgan fingerprint density at radius 3 is 2.41 bits per heavy atom. The van der Waals surface area contributed by atoms with Gasteiger partial charge >= 0.3 is 0 Å². The van der Waals surface area contributed by atoms with Crippen LogP contribution in [-0.2, 0) is 4.79 Å². The maximum atomic E-state index is 14.0. The molecule has 1 unspecified atom stereocenters. The Bertz CT molecular complexity index is 1290. The van der Waals surface area contributed by atoms with Gasteiger partial charge in [-0.15, -0.1) is 0 Å². The standard InChI is InChI=1S/C26H31N5O5S/c1-14(2)11-12-29-25(34)22(16-7-10-18(32)19(13-16)36-4)31(17-8-5-15(3)6-9-17)26(35)23-20(27)21(24(28)33)30-37-23/h5-10,13-14,22,32H,11-12,27H2,1-4H3,(H2,28,33)(H,29,34). The number of aromatic hydroxyl groups is 1. The lowest BCUT2D eigenvalue weighted by Crippen LogP contribution is -2.44. The van der Waals surface area contributed by atoms with Gasteiger partial charge in [0.25, 0.3) is 11.8 Å². The first-order valence-corrected chi connectivity index (χ1v) is 12.4. The topological polar surface area (TPSA) is 161 Å². The maximum Gasteiger partial charge on any atom is 0.273 e. The summed E-state index contributed by atoms with van der Waals surface area (Å²) in [5.74, 6) is -1.56. The number of methoxy groups -OCH3 is 1. The molecule has 1 heterocycles. The van der Waals surface area contributed by atoms with E-state index in [1.807, 2.05) is 32.9 Å². The Morgan fingerprint density at radius 1 is 1.16 bits per heavy atom. The minimum atomic E-state index is -1.17. The molecule has 0 saturated heterocycles.